The molecule has 2 atom stereocenters. The van der Waals surface area contributed by atoms with Gasteiger partial charge in [-0.15, -0.1) is 22.7 Å². The Morgan fingerprint density at radius 1 is 0.618 bits per heavy atom. The number of rotatable bonds is 5. The highest BCUT2D eigenvalue weighted by Gasteiger charge is 2.37. The van der Waals surface area contributed by atoms with Gasteiger partial charge in [-0.05, 0) is 51.2 Å². The molecule has 3 aromatic heterocycles. The summed E-state index contributed by atoms with van der Waals surface area (Å²) in [6.45, 7) is 0. The molecule has 0 fully saturated rings. The Labute approximate surface area is 207 Å². The van der Waals surface area contributed by atoms with E-state index in [1.54, 1.807) is 22.7 Å². The van der Waals surface area contributed by atoms with E-state index in [9.17, 15) is 0 Å². The molecule has 0 N–H and O–H groups in total. The lowest BCUT2D eigenvalue weighted by Gasteiger charge is -2.34. The van der Waals surface area contributed by atoms with Crippen molar-refractivity contribution >= 4 is 39.5 Å². The first-order valence-corrected chi connectivity index (χ1v) is 13.1. The lowest BCUT2D eigenvalue weighted by atomic mass is 9.75. The van der Waals surface area contributed by atoms with Gasteiger partial charge in [0.2, 0.25) is 0 Å². The molecule has 0 unspecified atom stereocenters. The van der Waals surface area contributed by atoms with E-state index in [1.807, 2.05) is 18.5 Å². The van der Waals surface area contributed by atoms with Crippen LogP contribution in [0.4, 0.5) is 0 Å². The van der Waals surface area contributed by atoms with Crippen LogP contribution in [0.5, 0.6) is 0 Å². The standard InChI is InChI=1S/C30H22N2S2/c1-3-10-21(11-4-1)26-28(24-15-8-18-33-24)27(22-12-5-2-6-13-22)30(25-16-9-19-34-25)32-29(26)23-14-7-17-31-20-23/h1-20,26,29H/t26-,29-/m1/s1. The van der Waals surface area contributed by atoms with Gasteiger partial charge in [-0.3, -0.25) is 9.98 Å². The number of thiophene rings is 2. The van der Waals surface area contributed by atoms with Crippen LogP contribution >= 0.6 is 22.7 Å². The van der Waals surface area contributed by atoms with Crippen LogP contribution in [0, 0.1) is 0 Å². The third-order valence-electron chi connectivity index (χ3n) is 6.19. The average Bonchev–Trinajstić information content (AvgIpc) is 3.64. The molecule has 34 heavy (non-hydrogen) atoms. The first kappa shape index (κ1) is 21.0. The molecular weight excluding hydrogens is 452 g/mol. The molecule has 2 aromatic carbocycles. The zero-order valence-corrected chi connectivity index (χ0v) is 20.0. The summed E-state index contributed by atoms with van der Waals surface area (Å²) >= 11 is 3.54. The monoisotopic (exact) mass is 474 g/mol. The Morgan fingerprint density at radius 3 is 1.94 bits per heavy atom. The van der Waals surface area contributed by atoms with Crippen molar-refractivity contribution in [3.8, 4) is 0 Å². The maximum atomic E-state index is 5.50. The summed E-state index contributed by atoms with van der Waals surface area (Å²) in [6, 6.07) is 34.3. The molecule has 0 saturated heterocycles. The molecule has 0 bridgehead atoms. The van der Waals surface area contributed by atoms with Gasteiger partial charge in [-0.1, -0.05) is 78.9 Å². The molecule has 1 aliphatic heterocycles. The number of allylic oxidation sites excluding steroid dienone is 1. The quantitative estimate of drug-likeness (QED) is 0.252. The molecule has 0 aliphatic carbocycles. The van der Waals surface area contributed by atoms with Crippen LogP contribution in [0.1, 0.15) is 38.4 Å². The van der Waals surface area contributed by atoms with Crippen LogP contribution in [-0.4, -0.2) is 10.7 Å². The van der Waals surface area contributed by atoms with E-state index in [0.29, 0.717) is 0 Å². The Kier molecular flexibility index (Phi) is 5.76. The zero-order valence-electron chi connectivity index (χ0n) is 18.4. The number of dihydropyridines is 1. The first-order chi connectivity index (χ1) is 16.9. The minimum Gasteiger partial charge on any atom is -0.274 e. The first-order valence-electron chi connectivity index (χ1n) is 11.3. The van der Waals surface area contributed by atoms with E-state index in [1.165, 1.54) is 32.0 Å². The maximum absolute atomic E-state index is 5.50. The third-order valence-corrected chi connectivity index (χ3v) is 7.97. The van der Waals surface area contributed by atoms with Crippen LogP contribution in [0.2, 0.25) is 0 Å². The third kappa shape index (κ3) is 3.85. The fourth-order valence-corrected chi connectivity index (χ4v) is 6.30. The molecule has 1 aliphatic rings. The van der Waals surface area contributed by atoms with Gasteiger partial charge in [0.05, 0.1) is 16.6 Å². The summed E-state index contributed by atoms with van der Waals surface area (Å²) in [7, 11) is 0. The number of aromatic nitrogens is 1. The Morgan fingerprint density at radius 2 is 1.29 bits per heavy atom. The van der Waals surface area contributed by atoms with E-state index >= 15 is 0 Å². The minimum absolute atomic E-state index is 0.0715. The smallest absolute Gasteiger partial charge is 0.0881 e. The number of hydrogen-bond acceptors (Lipinski definition) is 4. The van der Waals surface area contributed by atoms with Crippen LogP contribution in [0.15, 0.2) is 125 Å². The second kappa shape index (κ2) is 9.34. The van der Waals surface area contributed by atoms with Gasteiger partial charge in [-0.2, -0.15) is 0 Å². The van der Waals surface area contributed by atoms with Gasteiger partial charge < -0.3 is 0 Å². The number of pyridine rings is 1. The Balaban J connectivity index is 1.71. The summed E-state index contributed by atoms with van der Waals surface area (Å²) in [5.41, 5.74) is 7.21. The molecule has 4 heteroatoms. The molecule has 0 saturated carbocycles. The normalized spacial score (nSPS) is 18.1. The lowest BCUT2D eigenvalue weighted by molar-refractivity contribution is 0.656. The number of benzene rings is 2. The van der Waals surface area contributed by atoms with Crippen LogP contribution in [0.25, 0.3) is 11.1 Å². The van der Waals surface area contributed by atoms with Crippen molar-refractivity contribution in [3.63, 3.8) is 0 Å². The van der Waals surface area contributed by atoms with Crippen LogP contribution in [-0.2, 0) is 0 Å². The molecular formula is C30H22N2S2. The summed E-state index contributed by atoms with van der Waals surface area (Å²) in [6.07, 6.45) is 3.80. The van der Waals surface area contributed by atoms with Crippen molar-refractivity contribution in [1.29, 1.82) is 0 Å². The minimum atomic E-state index is -0.0715. The van der Waals surface area contributed by atoms with Crippen molar-refractivity contribution in [2.24, 2.45) is 4.99 Å². The second-order valence-electron chi connectivity index (χ2n) is 8.21. The fraction of sp³-hybridized carbons (Fsp3) is 0.0667. The van der Waals surface area contributed by atoms with Crippen molar-refractivity contribution in [1.82, 2.24) is 4.98 Å². The highest BCUT2D eigenvalue weighted by Crippen LogP contribution is 2.52. The SMILES string of the molecule is c1ccc(C2=C(c3cccs3)[C@@H](c3ccccc3)[C@@H](c3cccnc3)N=C2c2cccs2)cc1. The molecule has 5 aromatic rings. The fourth-order valence-electron chi connectivity index (χ4n) is 4.75. The van der Waals surface area contributed by atoms with Crippen LogP contribution < -0.4 is 0 Å². The maximum Gasteiger partial charge on any atom is 0.0881 e. The van der Waals surface area contributed by atoms with E-state index in [4.69, 9.17) is 4.99 Å². The molecule has 0 amide bonds. The summed E-state index contributed by atoms with van der Waals surface area (Å²) < 4.78 is 0. The van der Waals surface area contributed by atoms with E-state index in [-0.39, 0.29) is 12.0 Å². The number of nitrogens with zero attached hydrogens (tertiary/aromatic N) is 2. The summed E-state index contributed by atoms with van der Waals surface area (Å²) in [5, 5.41) is 4.30. The zero-order chi connectivity index (χ0) is 22.7. The van der Waals surface area contributed by atoms with Gasteiger partial charge in [0, 0.05) is 28.8 Å². The highest BCUT2D eigenvalue weighted by molar-refractivity contribution is 7.13. The Bertz CT molecular complexity index is 1420. The van der Waals surface area contributed by atoms with Crippen molar-refractivity contribution in [2.45, 2.75) is 12.0 Å². The molecule has 6 rings (SSSR count). The average molecular weight is 475 g/mol. The summed E-state index contributed by atoms with van der Waals surface area (Å²) in [5.74, 6) is 0.0722. The molecule has 0 spiro atoms. The van der Waals surface area contributed by atoms with Gasteiger partial charge >= 0.3 is 0 Å². The summed E-state index contributed by atoms with van der Waals surface area (Å²) in [4.78, 5) is 12.4. The number of hydrogen-bond donors (Lipinski definition) is 0. The van der Waals surface area contributed by atoms with Crippen molar-refractivity contribution in [3.05, 3.63) is 147 Å². The Hall–Kier alpha value is -3.60. The predicted octanol–water partition coefficient (Wildman–Crippen LogP) is 8.14. The van der Waals surface area contributed by atoms with E-state index < -0.39 is 0 Å². The van der Waals surface area contributed by atoms with E-state index in [2.05, 4.69) is 107 Å². The molecule has 164 valence electrons. The van der Waals surface area contributed by atoms with Gasteiger partial charge in [0.1, 0.15) is 0 Å². The van der Waals surface area contributed by atoms with Gasteiger partial charge in [0.25, 0.3) is 0 Å². The van der Waals surface area contributed by atoms with Gasteiger partial charge in [0.15, 0.2) is 0 Å². The largest absolute Gasteiger partial charge is 0.274 e. The topological polar surface area (TPSA) is 25.2 Å². The predicted molar refractivity (Wildman–Crippen MR) is 145 cm³/mol. The molecule has 2 nitrogen and oxygen atoms in total. The van der Waals surface area contributed by atoms with Crippen molar-refractivity contribution < 1.29 is 0 Å². The van der Waals surface area contributed by atoms with E-state index in [0.717, 1.165) is 11.3 Å². The molecule has 4 heterocycles. The number of aliphatic imine (C=N–C) groups is 1. The molecule has 0 radical (unpaired) electrons. The lowest BCUT2D eigenvalue weighted by Crippen LogP contribution is -2.22. The van der Waals surface area contributed by atoms with Gasteiger partial charge in [-0.25, -0.2) is 0 Å². The van der Waals surface area contributed by atoms with Crippen LogP contribution in [0.3, 0.4) is 0 Å². The highest BCUT2D eigenvalue weighted by atomic mass is 32.1. The second-order valence-corrected chi connectivity index (χ2v) is 10.1. The van der Waals surface area contributed by atoms with Crippen molar-refractivity contribution in [2.75, 3.05) is 0 Å².